The van der Waals surface area contributed by atoms with Crippen LogP contribution in [0.4, 0.5) is 0 Å². The minimum atomic E-state index is -0.349. The van der Waals surface area contributed by atoms with Crippen LogP contribution in [0, 0.1) is 34.5 Å². The van der Waals surface area contributed by atoms with Crippen LogP contribution in [0.1, 0.15) is 65.7 Å². The van der Waals surface area contributed by atoms with E-state index in [4.69, 9.17) is 0 Å². The molecule has 0 heterocycles. The smallest absolute Gasteiger partial charge is 0.155 e. The maximum atomic E-state index is 12.2. The molecule has 24 heavy (non-hydrogen) atoms. The van der Waals surface area contributed by atoms with Crippen molar-refractivity contribution in [3.63, 3.8) is 0 Å². The first-order valence-electron chi connectivity index (χ1n) is 9.70. The molecule has 0 bridgehead atoms. The number of carbonyl (C=O) groups is 2. The number of allylic oxidation sites excluding steroid dienone is 1. The summed E-state index contributed by atoms with van der Waals surface area (Å²) in [5.41, 5.74) is 1.23. The lowest BCUT2D eigenvalue weighted by Crippen LogP contribution is -2.56. The molecule has 0 spiro atoms. The highest BCUT2D eigenvalue weighted by atomic mass is 16.3. The average molecular weight is 330 g/mol. The zero-order valence-electron chi connectivity index (χ0n) is 15.2. The SMILES string of the molecule is CC(=O)[C@H]1CCC2C3CCC4=CC(=O)CC[C@]4(C)C3[C@@H](O)C[C@@]21C. The molecule has 0 saturated heterocycles. The van der Waals surface area contributed by atoms with Gasteiger partial charge in [0.25, 0.3) is 0 Å². The molecule has 132 valence electrons. The van der Waals surface area contributed by atoms with Crippen molar-refractivity contribution < 1.29 is 14.7 Å². The zero-order valence-corrected chi connectivity index (χ0v) is 15.2. The third-order valence-electron chi connectivity index (χ3n) is 8.38. The number of aliphatic hydroxyl groups excluding tert-OH is 1. The van der Waals surface area contributed by atoms with Crippen LogP contribution in [0.2, 0.25) is 0 Å². The number of ketones is 2. The third-order valence-corrected chi connectivity index (χ3v) is 8.38. The van der Waals surface area contributed by atoms with Gasteiger partial charge in [-0.3, -0.25) is 9.59 Å². The van der Waals surface area contributed by atoms with Crippen LogP contribution in [0.15, 0.2) is 11.6 Å². The number of hydrogen-bond acceptors (Lipinski definition) is 3. The predicted molar refractivity (Wildman–Crippen MR) is 92.3 cm³/mol. The minimum Gasteiger partial charge on any atom is -0.393 e. The van der Waals surface area contributed by atoms with Crippen LogP contribution >= 0.6 is 0 Å². The second-order valence-corrected chi connectivity index (χ2v) is 9.41. The second kappa shape index (κ2) is 5.27. The first kappa shape index (κ1) is 16.5. The van der Waals surface area contributed by atoms with Gasteiger partial charge in [-0.05, 0) is 80.1 Å². The summed E-state index contributed by atoms with van der Waals surface area (Å²) in [6.45, 7) is 6.27. The van der Waals surface area contributed by atoms with E-state index in [-0.39, 0.29) is 34.6 Å². The lowest BCUT2D eigenvalue weighted by atomic mass is 9.46. The van der Waals surface area contributed by atoms with Crippen molar-refractivity contribution in [2.24, 2.45) is 34.5 Å². The van der Waals surface area contributed by atoms with Crippen LogP contribution in [0.25, 0.3) is 0 Å². The maximum absolute atomic E-state index is 12.2. The lowest BCUT2D eigenvalue weighted by molar-refractivity contribution is -0.143. The molecule has 3 saturated carbocycles. The molecule has 0 radical (unpaired) electrons. The Morgan fingerprint density at radius 1 is 1.21 bits per heavy atom. The summed E-state index contributed by atoms with van der Waals surface area (Å²) in [5, 5.41) is 11.2. The monoisotopic (exact) mass is 330 g/mol. The minimum absolute atomic E-state index is 0.0219. The van der Waals surface area contributed by atoms with Gasteiger partial charge in [-0.15, -0.1) is 0 Å². The summed E-state index contributed by atoms with van der Waals surface area (Å²) >= 11 is 0. The van der Waals surface area contributed by atoms with Gasteiger partial charge in [0.15, 0.2) is 5.78 Å². The van der Waals surface area contributed by atoms with E-state index in [0.29, 0.717) is 24.0 Å². The van der Waals surface area contributed by atoms with E-state index in [0.717, 1.165) is 38.5 Å². The molecule has 4 rings (SSSR count). The molecule has 4 aliphatic rings. The fourth-order valence-corrected chi connectivity index (χ4v) is 7.35. The highest BCUT2D eigenvalue weighted by Crippen LogP contribution is 2.66. The molecule has 7 atom stereocenters. The molecule has 3 unspecified atom stereocenters. The number of fused-ring (bicyclic) bond motifs is 5. The van der Waals surface area contributed by atoms with E-state index in [1.807, 2.05) is 6.08 Å². The molecule has 0 amide bonds. The van der Waals surface area contributed by atoms with Crippen molar-refractivity contribution in [3.05, 3.63) is 11.6 Å². The fourth-order valence-electron chi connectivity index (χ4n) is 7.35. The molecule has 3 heteroatoms. The van der Waals surface area contributed by atoms with Crippen molar-refractivity contribution in [2.75, 3.05) is 0 Å². The molecular weight excluding hydrogens is 300 g/mol. The fraction of sp³-hybridized carbons (Fsp3) is 0.810. The maximum Gasteiger partial charge on any atom is 0.155 e. The van der Waals surface area contributed by atoms with Crippen molar-refractivity contribution in [1.82, 2.24) is 0 Å². The van der Waals surface area contributed by atoms with Crippen LogP contribution in [-0.2, 0) is 9.59 Å². The van der Waals surface area contributed by atoms with E-state index in [9.17, 15) is 14.7 Å². The van der Waals surface area contributed by atoms with Gasteiger partial charge in [0.2, 0.25) is 0 Å². The lowest BCUT2D eigenvalue weighted by Gasteiger charge is -2.59. The Bertz CT molecular complexity index is 621. The standard InChI is InChI=1S/C21H30O3/c1-12(22)16-6-7-17-15-5-4-13-10-14(23)8-9-20(13,2)19(15)18(24)11-21(16,17)3/h10,15-19,24H,4-9,11H2,1-3H3/t15?,16-,17?,18+,19?,20+,21-/m1/s1. The quantitative estimate of drug-likeness (QED) is 0.797. The van der Waals surface area contributed by atoms with Gasteiger partial charge in [0, 0.05) is 12.3 Å². The first-order valence-corrected chi connectivity index (χ1v) is 9.70. The summed E-state index contributed by atoms with van der Waals surface area (Å²) in [4.78, 5) is 24.0. The van der Waals surface area contributed by atoms with Crippen molar-refractivity contribution >= 4 is 11.6 Å². The summed E-state index contributed by atoms with van der Waals surface area (Å²) < 4.78 is 0. The Morgan fingerprint density at radius 3 is 2.67 bits per heavy atom. The van der Waals surface area contributed by atoms with Gasteiger partial charge in [0.1, 0.15) is 5.78 Å². The van der Waals surface area contributed by atoms with Crippen LogP contribution in [0.3, 0.4) is 0 Å². The number of carbonyl (C=O) groups excluding carboxylic acids is 2. The topological polar surface area (TPSA) is 54.4 Å². The molecule has 3 nitrogen and oxygen atoms in total. The predicted octanol–water partition coefficient (Wildman–Crippen LogP) is 3.69. The Morgan fingerprint density at radius 2 is 1.96 bits per heavy atom. The van der Waals surface area contributed by atoms with Gasteiger partial charge in [-0.1, -0.05) is 19.4 Å². The van der Waals surface area contributed by atoms with Gasteiger partial charge in [-0.2, -0.15) is 0 Å². The first-order chi connectivity index (χ1) is 11.3. The largest absolute Gasteiger partial charge is 0.393 e. The van der Waals surface area contributed by atoms with Crippen LogP contribution in [-0.4, -0.2) is 22.8 Å². The molecule has 3 fully saturated rings. The van der Waals surface area contributed by atoms with E-state index in [2.05, 4.69) is 13.8 Å². The Hall–Kier alpha value is -0.960. The highest BCUT2D eigenvalue weighted by molar-refractivity contribution is 5.91. The Labute approximate surface area is 144 Å². The zero-order chi connectivity index (χ0) is 17.3. The van der Waals surface area contributed by atoms with E-state index in [1.54, 1.807) is 6.92 Å². The highest BCUT2D eigenvalue weighted by Gasteiger charge is 2.62. The number of Topliss-reactive ketones (excluding diaryl/α,β-unsaturated/α-hetero) is 1. The van der Waals surface area contributed by atoms with E-state index >= 15 is 0 Å². The molecule has 0 aromatic carbocycles. The molecule has 4 aliphatic carbocycles. The summed E-state index contributed by atoms with van der Waals surface area (Å²) in [6.07, 6.45) is 7.97. The van der Waals surface area contributed by atoms with E-state index < -0.39 is 0 Å². The molecule has 0 aromatic rings. The van der Waals surface area contributed by atoms with Crippen LogP contribution < -0.4 is 0 Å². The van der Waals surface area contributed by atoms with E-state index in [1.165, 1.54) is 5.57 Å². The molecule has 1 N–H and O–H groups in total. The molecule has 0 aliphatic heterocycles. The Balaban J connectivity index is 1.72. The van der Waals surface area contributed by atoms with Gasteiger partial charge in [-0.25, -0.2) is 0 Å². The van der Waals surface area contributed by atoms with Crippen molar-refractivity contribution in [1.29, 1.82) is 0 Å². The average Bonchev–Trinajstić information content (AvgIpc) is 2.84. The Kier molecular flexibility index (Phi) is 3.62. The molecule has 0 aromatic heterocycles. The van der Waals surface area contributed by atoms with Gasteiger partial charge >= 0.3 is 0 Å². The molecular formula is C21H30O3. The normalized spacial score (nSPS) is 50.6. The van der Waals surface area contributed by atoms with Crippen molar-refractivity contribution in [2.45, 2.75) is 71.8 Å². The summed E-state index contributed by atoms with van der Waals surface area (Å²) in [7, 11) is 0. The van der Waals surface area contributed by atoms with Crippen molar-refractivity contribution in [3.8, 4) is 0 Å². The van der Waals surface area contributed by atoms with Crippen LogP contribution in [0.5, 0.6) is 0 Å². The second-order valence-electron chi connectivity index (χ2n) is 9.41. The summed E-state index contributed by atoms with van der Waals surface area (Å²) in [5.74, 6) is 1.99. The number of hydrogen-bond donors (Lipinski definition) is 1. The van der Waals surface area contributed by atoms with Gasteiger partial charge < -0.3 is 5.11 Å². The number of rotatable bonds is 1. The summed E-state index contributed by atoms with van der Waals surface area (Å²) in [6, 6.07) is 0. The number of aliphatic hydroxyl groups is 1. The third kappa shape index (κ3) is 2.06. The van der Waals surface area contributed by atoms with Gasteiger partial charge in [0.05, 0.1) is 6.10 Å².